The Balaban J connectivity index is 1.92. The number of nitrogens with one attached hydrogen (secondary N) is 1. The van der Waals surface area contributed by atoms with Gasteiger partial charge < -0.3 is 19.7 Å². The highest BCUT2D eigenvalue weighted by atomic mass is 16.2. The summed E-state index contributed by atoms with van der Waals surface area (Å²) in [7, 11) is 3.96. The molecule has 1 aliphatic heterocycles. The van der Waals surface area contributed by atoms with Gasteiger partial charge >= 0.3 is 0 Å². The van der Waals surface area contributed by atoms with E-state index in [0.717, 1.165) is 32.0 Å². The van der Waals surface area contributed by atoms with Gasteiger partial charge in [0, 0.05) is 38.6 Å². The molecule has 0 aliphatic carbocycles. The van der Waals surface area contributed by atoms with Gasteiger partial charge in [-0.3, -0.25) is 4.79 Å². The molecular weight excluding hydrogens is 230 g/mol. The van der Waals surface area contributed by atoms with Crippen LogP contribution in [-0.2, 0) is 17.9 Å². The standard InChI is InChI=1S/C12H21N5O/c1-13-9-11-14-3-4-17(11)10-12(18)16-7-5-15(2)6-8-16/h3-4,13H,5-10H2,1-2H3. The van der Waals surface area contributed by atoms with Crippen LogP contribution >= 0.6 is 0 Å². The van der Waals surface area contributed by atoms with Crippen LogP contribution in [0.1, 0.15) is 5.82 Å². The molecule has 6 nitrogen and oxygen atoms in total. The number of carbonyl (C=O) groups excluding carboxylic acids is 1. The summed E-state index contributed by atoms with van der Waals surface area (Å²) in [4.78, 5) is 20.6. The molecule has 2 heterocycles. The van der Waals surface area contributed by atoms with E-state index in [9.17, 15) is 4.79 Å². The van der Waals surface area contributed by atoms with Crippen molar-refractivity contribution >= 4 is 5.91 Å². The zero-order valence-electron chi connectivity index (χ0n) is 11.1. The minimum Gasteiger partial charge on any atom is -0.339 e. The first kappa shape index (κ1) is 13.0. The summed E-state index contributed by atoms with van der Waals surface area (Å²) >= 11 is 0. The number of rotatable bonds is 4. The lowest BCUT2D eigenvalue weighted by atomic mass is 10.3. The fourth-order valence-electron chi connectivity index (χ4n) is 2.11. The molecule has 0 saturated carbocycles. The predicted molar refractivity (Wildman–Crippen MR) is 69.1 cm³/mol. The zero-order valence-corrected chi connectivity index (χ0v) is 11.1. The van der Waals surface area contributed by atoms with E-state index in [0.29, 0.717) is 13.1 Å². The van der Waals surface area contributed by atoms with Crippen molar-refractivity contribution in [1.82, 2.24) is 24.7 Å². The van der Waals surface area contributed by atoms with Crippen molar-refractivity contribution in [1.29, 1.82) is 0 Å². The first-order valence-electron chi connectivity index (χ1n) is 6.31. The molecule has 0 radical (unpaired) electrons. The van der Waals surface area contributed by atoms with Crippen LogP contribution in [-0.4, -0.2) is 65.5 Å². The maximum Gasteiger partial charge on any atom is 0.242 e. The van der Waals surface area contributed by atoms with E-state index in [1.807, 2.05) is 22.7 Å². The minimum atomic E-state index is 0.179. The van der Waals surface area contributed by atoms with Crippen LogP contribution in [0.3, 0.4) is 0 Å². The van der Waals surface area contributed by atoms with Crippen molar-refractivity contribution < 1.29 is 4.79 Å². The lowest BCUT2D eigenvalue weighted by molar-refractivity contribution is -0.133. The molecular formula is C12H21N5O. The monoisotopic (exact) mass is 251 g/mol. The number of hydrogen-bond acceptors (Lipinski definition) is 4. The third-order valence-electron chi connectivity index (χ3n) is 3.30. The van der Waals surface area contributed by atoms with E-state index in [1.165, 1.54) is 0 Å². The van der Waals surface area contributed by atoms with Crippen LogP contribution in [0.2, 0.25) is 0 Å². The van der Waals surface area contributed by atoms with Crippen LogP contribution in [0, 0.1) is 0 Å². The number of amides is 1. The quantitative estimate of drug-likeness (QED) is 0.774. The molecule has 1 saturated heterocycles. The second kappa shape index (κ2) is 5.97. The number of hydrogen-bond donors (Lipinski definition) is 1. The Kier molecular flexibility index (Phi) is 4.33. The third kappa shape index (κ3) is 3.08. The number of piperazine rings is 1. The highest BCUT2D eigenvalue weighted by Crippen LogP contribution is 2.03. The zero-order chi connectivity index (χ0) is 13.0. The molecule has 2 rings (SSSR count). The van der Waals surface area contributed by atoms with Gasteiger partial charge in [0.15, 0.2) is 0 Å². The average molecular weight is 251 g/mol. The van der Waals surface area contributed by atoms with Gasteiger partial charge in [-0.05, 0) is 14.1 Å². The molecule has 0 unspecified atom stereocenters. The van der Waals surface area contributed by atoms with Gasteiger partial charge in [0.2, 0.25) is 5.91 Å². The van der Waals surface area contributed by atoms with Crippen LogP contribution < -0.4 is 5.32 Å². The Hall–Kier alpha value is -1.40. The van der Waals surface area contributed by atoms with Gasteiger partial charge in [0.25, 0.3) is 0 Å². The van der Waals surface area contributed by atoms with Crippen molar-refractivity contribution in [2.45, 2.75) is 13.1 Å². The number of imidazole rings is 1. The van der Waals surface area contributed by atoms with Gasteiger partial charge in [0.05, 0.1) is 6.54 Å². The minimum absolute atomic E-state index is 0.179. The number of nitrogens with zero attached hydrogens (tertiary/aromatic N) is 4. The summed E-state index contributed by atoms with van der Waals surface area (Å²) in [6.07, 6.45) is 3.60. The van der Waals surface area contributed by atoms with E-state index in [4.69, 9.17) is 0 Å². The average Bonchev–Trinajstić information content (AvgIpc) is 2.78. The first-order chi connectivity index (χ1) is 8.70. The molecule has 0 bridgehead atoms. The highest BCUT2D eigenvalue weighted by Gasteiger charge is 2.19. The largest absolute Gasteiger partial charge is 0.339 e. The molecule has 1 N–H and O–H groups in total. The highest BCUT2D eigenvalue weighted by molar-refractivity contribution is 5.76. The maximum atomic E-state index is 12.2. The Labute approximate surface area is 108 Å². The SMILES string of the molecule is CNCc1nccn1CC(=O)N1CCN(C)CC1. The summed E-state index contributed by atoms with van der Waals surface area (Å²) in [5.74, 6) is 1.08. The predicted octanol–water partition coefficient (Wildman–Crippen LogP) is -0.623. The van der Waals surface area contributed by atoms with E-state index in [-0.39, 0.29) is 5.91 Å². The molecule has 0 aromatic carbocycles. The second-order valence-corrected chi connectivity index (χ2v) is 4.69. The normalized spacial score (nSPS) is 17.1. The molecule has 0 spiro atoms. The van der Waals surface area contributed by atoms with Gasteiger partial charge in [-0.25, -0.2) is 4.98 Å². The van der Waals surface area contributed by atoms with Crippen molar-refractivity contribution in [3.05, 3.63) is 18.2 Å². The molecule has 1 aromatic rings. The molecule has 100 valence electrons. The summed E-state index contributed by atoms with van der Waals surface area (Å²) < 4.78 is 1.91. The topological polar surface area (TPSA) is 53.4 Å². The Morgan fingerprint density at radius 1 is 1.39 bits per heavy atom. The van der Waals surface area contributed by atoms with Gasteiger partial charge in [0.1, 0.15) is 12.4 Å². The molecule has 0 atom stereocenters. The fourth-order valence-corrected chi connectivity index (χ4v) is 2.11. The number of likely N-dealkylation sites (N-methyl/N-ethyl adjacent to an activating group) is 1. The fraction of sp³-hybridized carbons (Fsp3) is 0.667. The third-order valence-corrected chi connectivity index (χ3v) is 3.30. The van der Waals surface area contributed by atoms with Gasteiger partial charge in [-0.15, -0.1) is 0 Å². The molecule has 6 heteroatoms. The Morgan fingerprint density at radius 2 is 2.11 bits per heavy atom. The summed E-state index contributed by atoms with van der Waals surface area (Å²) in [6.45, 7) is 4.64. The van der Waals surface area contributed by atoms with Gasteiger partial charge in [-0.2, -0.15) is 0 Å². The second-order valence-electron chi connectivity index (χ2n) is 4.69. The van der Waals surface area contributed by atoms with E-state index < -0.39 is 0 Å². The molecule has 1 amide bonds. The van der Waals surface area contributed by atoms with Crippen LogP contribution in [0.5, 0.6) is 0 Å². The van der Waals surface area contributed by atoms with Crippen LogP contribution in [0.4, 0.5) is 0 Å². The molecule has 1 aliphatic rings. The van der Waals surface area contributed by atoms with E-state index >= 15 is 0 Å². The molecule has 1 fully saturated rings. The van der Waals surface area contributed by atoms with Crippen LogP contribution in [0.25, 0.3) is 0 Å². The summed E-state index contributed by atoms with van der Waals surface area (Å²) in [5.41, 5.74) is 0. The van der Waals surface area contributed by atoms with Crippen molar-refractivity contribution in [3.8, 4) is 0 Å². The summed E-state index contributed by atoms with van der Waals surface area (Å²) in [6, 6.07) is 0. The van der Waals surface area contributed by atoms with Crippen LogP contribution in [0.15, 0.2) is 12.4 Å². The number of aromatic nitrogens is 2. The van der Waals surface area contributed by atoms with E-state index in [1.54, 1.807) is 6.20 Å². The first-order valence-corrected chi connectivity index (χ1v) is 6.31. The summed E-state index contributed by atoms with van der Waals surface area (Å²) in [5, 5.41) is 3.05. The number of carbonyl (C=O) groups is 1. The Morgan fingerprint density at radius 3 is 2.78 bits per heavy atom. The lowest BCUT2D eigenvalue weighted by Gasteiger charge is -2.32. The molecule has 18 heavy (non-hydrogen) atoms. The molecule has 1 aromatic heterocycles. The van der Waals surface area contributed by atoms with Crippen molar-refractivity contribution in [2.75, 3.05) is 40.3 Å². The van der Waals surface area contributed by atoms with Crippen molar-refractivity contribution in [3.63, 3.8) is 0 Å². The smallest absolute Gasteiger partial charge is 0.242 e. The van der Waals surface area contributed by atoms with E-state index in [2.05, 4.69) is 22.2 Å². The lowest BCUT2D eigenvalue weighted by Crippen LogP contribution is -2.48. The maximum absolute atomic E-state index is 12.2. The Bertz CT molecular complexity index is 395. The van der Waals surface area contributed by atoms with Crippen molar-refractivity contribution in [2.24, 2.45) is 0 Å². The van der Waals surface area contributed by atoms with Gasteiger partial charge in [-0.1, -0.05) is 0 Å².